The lowest BCUT2D eigenvalue weighted by Crippen LogP contribution is -2.09. The number of thiazole rings is 1. The van der Waals surface area contributed by atoms with Gasteiger partial charge in [0.1, 0.15) is 5.52 Å². The van der Waals surface area contributed by atoms with Crippen LogP contribution < -0.4 is 5.32 Å². The molecule has 3 aromatic rings. The molecule has 120 valence electrons. The highest BCUT2D eigenvalue weighted by Gasteiger charge is 2.18. The number of hydrogen-bond donors (Lipinski definition) is 1. The zero-order valence-electron chi connectivity index (χ0n) is 12.8. The van der Waals surface area contributed by atoms with Crippen molar-refractivity contribution < 1.29 is 4.79 Å². The van der Waals surface area contributed by atoms with Crippen LogP contribution in [0.25, 0.3) is 15.3 Å². The van der Waals surface area contributed by atoms with Gasteiger partial charge in [-0.1, -0.05) is 41.5 Å². The maximum atomic E-state index is 11.6. The molecule has 0 aliphatic carbocycles. The average Bonchev–Trinajstić information content (AvgIpc) is 3.08. The first-order valence-corrected chi connectivity index (χ1v) is 8.60. The molecule has 5 nitrogen and oxygen atoms in total. The molecule has 0 saturated heterocycles. The smallest absolute Gasteiger partial charge is 0.224 e. The summed E-state index contributed by atoms with van der Waals surface area (Å²) < 4.78 is 2.49. The fraction of sp³-hybridized carbons (Fsp3) is 0.267. The third-order valence-corrected chi connectivity index (χ3v) is 5.18. The molecule has 0 atom stereocenters. The number of carbonyl (C=O) groups excluding carboxylic acids is 1. The summed E-state index contributed by atoms with van der Waals surface area (Å²) in [4.78, 5) is 16.2. The topological polar surface area (TPSA) is 59.8 Å². The van der Waals surface area contributed by atoms with Crippen LogP contribution in [0.3, 0.4) is 0 Å². The Kier molecular flexibility index (Phi) is 4.31. The van der Waals surface area contributed by atoms with Crippen LogP contribution in [0.5, 0.6) is 0 Å². The molecule has 23 heavy (non-hydrogen) atoms. The number of anilines is 1. The summed E-state index contributed by atoms with van der Waals surface area (Å²) in [6.07, 6.45) is 0.367. The van der Waals surface area contributed by atoms with Crippen LogP contribution in [0, 0.1) is 13.8 Å². The van der Waals surface area contributed by atoms with Gasteiger partial charge >= 0.3 is 0 Å². The number of aromatic nitrogens is 3. The van der Waals surface area contributed by atoms with Gasteiger partial charge in [0.25, 0.3) is 0 Å². The van der Waals surface area contributed by atoms with Crippen LogP contribution in [0.1, 0.15) is 24.7 Å². The highest BCUT2D eigenvalue weighted by molar-refractivity contribution is 7.21. The van der Waals surface area contributed by atoms with Crippen molar-refractivity contribution in [2.45, 2.75) is 27.2 Å². The lowest BCUT2D eigenvalue weighted by Gasteiger charge is -2.07. The second-order valence-electron chi connectivity index (χ2n) is 5.13. The van der Waals surface area contributed by atoms with E-state index in [4.69, 9.17) is 23.2 Å². The van der Waals surface area contributed by atoms with Gasteiger partial charge in [-0.25, -0.2) is 9.67 Å². The Hall–Kier alpha value is -1.63. The molecule has 0 aliphatic rings. The molecule has 0 fully saturated rings. The van der Waals surface area contributed by atoms with Crippen molar-refractivity contribution in [1.29, 1.82) is 0 Å². The quantitative estimate of drug-likeness (QED) is 0.725. The number of aryl methyl sites for hydroxylation is 2. The van der Waals surface area contributed by atoms with Gasteiger partial charge in [0.15, 0.2) is 0 Å². The number of hydrogen-bond acceptors (Lipinski definition) is 4. The Morgan fingerprint density at radius 1 is 1.35 bits per heavy atom. The Bertz CT molecular complexity index is 916. The van der Waals surface area contributed by atoms with E-state index in [1.807, 2.05) is 19.9 Å². The largest absolute Gasteiger partial charge is 0.325 e. The molecule has 0 spiro atoms. The van der Waals surface area contributed by atoms with Crippen LogP contribution in [-0.2, 0) is 4.79 Å². The van der Waals surface area contributed by atoms with Crippen molar-refractivity contribution >= 4 is 56.3 Å². The fourth-order valence-electron chi connectivity index (χ4n) is 2.24. The van der Waals surface area contributed by atoms with Crippen LogP contribution in [0.15, 0.2) is 12.1 Å². The summed E-state index contributed by atoms with van der Waals surface area (Å²) in [5.74, 6) is -0.120. The molecule has 1 N–H and O–H groups in total. The van der Waals surface area contributed by atoms with Gasteiger partial charge in [-0.3, -0.25) is 4.79 Å². The van der Waals surface area contributed by atoms with E-state index in [1.54, 1.807) is 17.7 Å². The number of fused-ring (bicyclic) bond motifs is 1. The van der Waals surface area contributed by atoms with Crippen molar-refractivity contribution in [2.24, 2.45) is 0 Å². The van der Waals surface area contributed by atoms with Gasteiger partial charge in [-0.2, -0.15) is 5.10 Å². The van der Waals surface area contributed by atoms with Crippen molar-refractivity contribution in [1.82, 2.24) is 14.8 Å². The van der Waals surface area contributed by atoms with Gasteiger partial charge in [-0.05, 0) is 26.0 Å². The van der Waals surface area contributed by atoms with Crippen LogP contribution in [0.2, 0.25) is 10.0 Å². The maximum absolute atomic E-state index is 11.6. The minimum atomic E-state index is -0.120. The molecule has 0 radical (unpaired) electrons. The van der Waals surface area contributed by atoms with E-state index >= 15 is 0 Å². The van der Waals surface area contributed by atoms with Crippen molar-refractivity contribution in [3.8, 4) is 5.13 Å². The van der Waals surface area contributed by atoms with E-state index in [-0.39, 0.29) is 5.91 Å². The van der Waals surface area contributed by atoms with Gasteiger partial charge in [0, 0.05) is 12.1 Å². The summed E-state index contributed by atoms with van der Waals surface area (Å²) in [6.45, 7) is 5.66. The SMILES string of the molecule is CCC(=O)Nc1cc(Cl)c2nc(-n3nc(C)cc3C)sc2c1Cl. The number of halogens is 2. The highest BCUT2D eigenvalue weighted by atomic mass is 35.5. The van der Waals surface area contributed by atoms with Crippen molar-refractivity contribution in [3.05, 3.63) is 33.6 Å². The van der Waals surface area contributed by atoms with Gasteiger partial charge in [0.05, 0.1) is 26.1 Å². The fourth-order valence-corrected chi connectivity index (χ4v) is 3.89. The van der Waals surface area contributed by atoms with Crippen molar-refractivity contribution in [3.63, 3.8) is 0 Å². The minimum absolute atomic E-state index is 0.120. The number of benzene rings is 1. The second-order valence-corrected chi connectivity index (χ2v) is 6.90. The average molecular weight is 369 g/mol. The zero-order chi connectivity index (χ0) is 16.7. The van der Waals surface area contributed by atoms with Crippen molar-refractivity contribution in [2.75, 3.05) is 5.32 Å². The molecule has 3 rings (SSSR count). The van der Waals surface area contributed by atoms with E-state index in [9.17, 15) is 4.79 Å². The number of rotatable bonds is 3. The summed E-state index contributed by atoms with van der Waals surface area (Å²) >= 11 is 14.1. The van der Waals surface area contributed by atoms with Crippen LogP contribution >= 0.6 is 34.5 Å². The summed E-state index contributed by atoms with van der Waals surface area (Å²) in [6, 6.07) is 3.60. The maximum Gasteiger partial charge on any atom is 0.224 e. The Labute approximate surface area is 147 Å². The monoisotopic (exact) mass is 368 g/mol. The third-order valence-electron chi connectivity index (χ3n) is 3.33. The first kappa shape index (κ1) is 16.2. The van der Waals surface area contributed by atoms with E-state index in [0.717, 1.165) is 16.1 Å². The lowest BCUT2D eigenvalue weighted by atomic mass is 10.3. The molecule has 0 bridgehead atoms. The van der Waals surface area contributed by atoms with E-state index in [0.29, 0.717) is 32.8 Å². The number of amides is 1. The predicted octanol–water partition coefficient (Wildman–Crippen LogP) is 4.75. The first-order valence-electron chi connectivity index (χ1n) is 7.02. The standard InChI is InChI=1S/C15H14Cl2N4OS/c1-4-11(22)18-10-6-9(16)13-14(12(10)17)23-15(19-13)21-8(3)5-7(2)20-21/h5-6H,4H2,1-3H3,(H,18,22). The summed E-state index contributed by atoms with van der Waals surface area (Å²) in [7, 11) is 0. The van der Waals surface area contributed by atoms with Gasteiger partial charge in [-0.15, -0.1) is 0 Å². The van der Waals surface area contributed by atoms with E-state index in [1.165, 1.54) is 11.3 Å². The molecule has 2 heterocycles. The number of nitrogens with zero attached hydrogens (tertiary/aromatic N) is 3. The molecule has 0 unspecified atom stereocenters. The van der Waals surface area contributed by atoms with Gasteiger partial charge in [0.2, 0.25) is 11.0 Å². The number of nitrogens with one attached hydrogen (secondary N) is 1. The Morgan fingerprint density at radius 3 is 2.70 bits per heavy atom. The molecule has 1 amide bonds. The van der Waals surface area contributed by atoms with Crippen LogP contribution in [-0.4, -0.2) is 20.7 Å². The summed E-state index contributed by atoms with van der Waals surface area (Å²) in [5, 5.41) is 8.76. The van der Waals surface area contributed by atoms with E-state index < -0.39 is 0 Å². The second kappa shape index (κ2) is 6.11. The molecule has 2 aromatic heterocycles. The van der Waals surface area contributed by atoms with Gasteiger partial charge < -0.3 is 5.32 Å². The first-order chi connectivity index (χ1) is 10.9. The molecule has 1 aromatic carbocycles. The highest BCUT2D eigenvalue weighted by Crippen LogP contribution is 2.40. The zero-order valence-corrected chi connectivity index (χ0v) is 15.1. The number of carbonyl (C=O) groups is 1. The van der Waals surface area contributed by atoms with Crippen LogP contribution in [0.4, 0.5) is 5.69 Å². The molecule has 0 saturated carbocycles. The molecule has 0 aliphatic heterocycles. The minimum Gasteiger partial charge on any atom is -0.325 e. The Balaban J connectivity index is 2.16. The lowest BCUT2D eigenvalue weighted by molar-refractivity contribution is -0.115. The molecular weight excluding hydrogens is 355 g/mol. The molecule has 8 heteroatoms. The summed E-state index contributed by atoms with van der Waals surface area (Å²) in [5.41, 5.74) is 3.00. The molecular formula is C15H14Cl2N4OS. The third kappa shape index (κ3) is 2.94. The van der Waals surface area contributed by atoms with E-state index in [2.05, 4.69) is 15.4 Å². The Morgan fingerprint density at radius 2 is 2.09 bits per heavy atom. The normalized spacial score (nSPS) is 11.2. The predicted molar refractivity (Wildman–Crippen MR) is 95.2 cm³/mol.